The number of nitrogens with zero attached hydrogens (tertiary/aromatic N) is 3. The zero-order valence-electron chi connectivity index (χ0n) is 9.63. The summed E-state index contributed by atoms with van der Waals surface area (Å²) in [7, 11) is 0. The molecule has 0 bridgehead atoms. The van der Waals surface area contributed by atoms with Gasteiger partial charge in [0.05, 0.1) is 16.6 Å². The largest absolute Gasteiger partial charge is 0.383 e. The van der Waals surface area contributed by atoms with Crippen LogP contribution in [0.1, 0.15) is 33.4 Å². The minimum Gasteiger partial charge on any atom is -0.383 e. The van der Waals surface area contributed by atoms with Crippen LogP contribution in [0.3, 0.4) is 0 Å². The van der Waals surface area contributed by atoms with E-state index in [2.05, 4.69) is 43.0 Å². The van der Waals surface area contributed by atoms with Gasteiger partial charge in [-0.05, 0) is 27.2 Å². The van der Waals surface area contributed by atoms with Gasteiger partial charge in [0.15, 0.2) is 5.65 Å². The third kappa shape index (κ3) is 1.38. The van der Waals surface area contributed by atoms with Gasteiger partial charge in [-0.2, -0.15) is 10.2 Å². The molecule has 0 aliphatic carbocycles. The highest BCUT2D eigenvalue weighted by Gasteiger charge is 2.22. The van der Waals surface area contributed by atoms with Crippen LogP contribution in [-0.2, 0) is 12.0 Å². The van der Waals surface area contributed by atoms with E-state index in [4.69, 9.17) is 5.73 Å². The number of nitrogen functional groups attached to an aromatic ring is 1. The van der Waals surface area contributed by atoms with Crippen molar-refractivity contribution in [3.63, 3.8) is 0 Å². The molecular formula is C10H17N5. The maximum Gasteiger partial charge on any atom is 0.182 e. The fourth-order valence-corrected chi connectivity index (χ4v) is 1.72. The summed E-state index contributed by atoms with van der Waals surface area (Å²) in [4.78, 5) is 0. The maximum absolute atomic E-state index is 5.84. The third-order valence-electron chi connectivity index (χ3n) is 2.46. The molecule has 5 heteroatoms. The Morgan fingerprint density at radius 3 is 2.60 bits per heavy atom. The molecule has 0 unspecified atom stereocenters. The Hall–Kier alpha value is -1.52. The minimum atomic E-state index is -0.0761. The van der Waals surface area contributed by atoms with E-state index in [1.54, 1.807) is 0 Å². The Labute approximate surface area is 88.6 Å². The molecule has 15 heavy (non-hydrogen) atoms. The Bertz CT molecular complexity index is 486. The Kier molecular flexibility index (Phi) is 1.99. The van der Waals surface area contributed by atoms with Crippen LogP contribution < -0.4 is 5.73 Å². The van der Waals surface area contributed by atoms with E-state index in [1.165, 1.54) is 0 Å². The molecule has 5 nitrogen and oxygen atoms in total. The van der Waals surface area contributed by atoms with Gasteiger partial charge in [-0.15, -0.1) is 0 Å². The molecule has 2 aromatic heterocycles. The molecule has 82 valence electrons. The molecule has 0 spiro atoms. The molecule has 0 amide bonds. The number of hydrogen-bond donors (Lipinski definition) is 2. The summed E-state index contributed by atoms with van der Waals surface area (Å²) >= 11 is 0. The number of hydrogen-bond acceptors (Lipinski definition) is 3. The molecule has 0 aliphatic heterocycles. The van der Waals surface area contributed by atoms with Gasteiger partial charge in [0.1, 0.15) is 5.82 Å². The van der Waals surface area contributed by atoms with Gasteiger partial charge in [0, 0.05) is 0 Å². The second kappa shape index (κ2) is 2.98. The van der Waals surface area contributed by atoms with Crippen molar-refractivity contribution >= 4 is 16.9 Å². The summed E-state index contributed by atoms with van der Waals surface area (Å²) in [6.45, 7) is 8.37. The lowest BCUT2D eigenvalue weighted by Gasteiger charge is -2.19. The Morgan fingerprint density at radius 2 is 2.07 bits per heavy atom. The maximum atomic E-state index is 5.84. The lowest BCUT2D eigenvalue weighted by atomic mass is 10.1. The Morgan fingerprint density at radius 1 is 1.40 bits per heavy atom. The summed E-state index contributed by atoms with van der Waals surface area (Å²) in [5, 5.41) is 12.5. The number of nitrogens with two attached hydrogens (primary N) is 1. The van der Waals surface area contributed by atoms with Crippen molar-refractivity contribution in [1.29, 1.82) is 0 Å². The van der Waals surface area contributed by atoms with E-state index in [-0.39, 0.29) is 5.54 Å². The average molecular weight is 207 g/mol. The van der Waals surface area contributed by atoms with Crippen LogP contribution >= 0.6 is 0 Å². The molecule has 3 N–H and O–H groups in total. The zero-order chi connectivity index (χ0) is 11.2. The number of H-pyrrole nitrogens is 1. The van der Waals surface area contributed by atoms with Crippen molar-refractivity contribution in [2.75, 3.05) is 5.73 Å². The predicted octanol–water partition coefficient (Wildman–Crippen LogP) is 1.66. The van der Waals surface area contributed by atoms with Crippen molar-refractivity contribution in [3.8, 4) is 0 Å². The molecule has 0 aliphatic rings. The second-order valence-corrected chi connectivity index (χ2v) is 4.72. The van der Waals surface area contributed by atoms with Crippen molar-refractivity contribution in [1.82, 2.24) is 20.0 Å². The fourth-order valence-electron chi connectivity index (χ4n) is 1.72. The van der Waals surface area contributed by atoms with Gasteiger partial charge in [0.2, 0.25) is 0 Å². The van der Waals surface area contributed by atoms with E-state index in [0.29, 0.717) is 5.82 Å². The molecular weight excluding hydrogens is 190 g/mol. The van der Waals surface area contributed by atoms with E-state index < -0.39 is 0 Å². The number of fused-ring (bicyclic) bond motifs is 1. The van der Waals surface area contributed by atoms with Crippen LogP contribution in [0, 0.1) is 0 Å². The highest BCUT2D eigenvalue weighted by atomic mass is 15.4. The van der Waals surface area contributed by atoms with Crippen LogP contribution in [0.25, 0.3) is 11.0 Å². The van der Waals surface area contributed by atoms with Gasteiger partial charge in [-0.3, -0.25) is 5.10 Å². The first kappa shape index (κ1) is 10.0. The van der Waals surface area contributed by atoms with Crippen molar-refractivity contribution in [2.24, 2.45) is 0 Å². The molecule has 0 radical (unpaired) electrons. The summed E-state index contributed by atoms with van der Waals surface area (Å²) < 4.78 is 1.92. The monoisotopic (exact) mass is 207 g/mol. The Balaban J connectivity index is 2.77. The van der Waals surface area contributed by atoms with Gasteiger partial charge in [-0.25, -0.2) is 4.68 Å². The standard InChI is InChI=1S/C10H17N5/c1-5-6-7-8(11)12-13-9(7)15(14-6)10(2,3)4/h5H2,1-4H3,(H3,11,12,13). The SMILES string of the molecule is CCc1nn(C(C)(C)C)c2n[nH]c(N)c12. The van der Waals surface area contributed by atoms with Crippen molar-refractivity contribution in [3.05, 3.63) is 5.69 Å². The molecule has 2 rings (SSSR count). The van der Waals surface area contributed by atoms with Crippen molar-refractivity contribution in [2.45, 2.75) is 39.7 Å². The van der Waals surface area contributed by atoms with E-state index in [9.17, 15) is 0 Å². The zero-order valence-corrected chi connectivity index (χ0v) is 9.63. The summed E-state index contributed by atoms with van der Waals surface area (Å²) in [5.41, 5.74) is 7.61. The van der Waals surface area contributed by atoms with Gasteiger partial charge >= 0.3 is 0 Å². The van der Waals surface area contributed by atoms with Crippen LogP contribution in [0.5, 0.6) is 0 Å². The topological polar surface area (TPSA) is 72.5 Å². The number of nitrogens with one attached hydrogen (secondary N) is 1. The lowest BCUT2D eigenvalue weighted by molar-refractivity contribution is 0.363. The number of aromatic amines is 1. The van der Waals surface area contributed by atoms with Crippen LogP contribution in [0.2, 0.25) is 0 Å². The van der Waals surface area contributed by atoms with Gasteiger partial charge in [0.25, 0.3) is 0 Å². The van der Waals surface area contributed by atoms with Crippen LogP contribution in [-0.4, -0.2) is 20.0 Å². The molecule has 0 saturated heterocycles. The normalized spacial score (nSPS) is 12.5. The van der Waals surface area contributed by atoms with E-state index >= 15 is 0 Å². The first-order valence-electron chi connectivity index (χ1n) is 5.17. The molecule has 0 atom stereocenters. The number of aryl methyl sites for hydroxylation is 1. The van der Waals surface area contributed by atoms with Crippen LogP contribution in [0.15, 0.2) is 0 Å². The highest BCUT2D eigenvalue weighted by molar-refractivity contribution is 5.89. The first-order chi connectivity index (χ1) is 6.95. The first-order valence-corrected chi connectivity index (χ1v) is 5.17. The van der Waals surface area contributed by atoms with Gasteiger partial charge in [-0.1, -0.05) is 6.92 Å². The molecule has 0 saturated carbocycles. The molecule has 0 fully saturated rings. The predicted molar refractivity (Wildman–Crippen MR) is 60.7 cm³/mol. The smallest absolute Gasteiger partial charge is 0.182 e. The number of anilines is 1. The summed E-state index contributed by atoms with van der Waals surface area (Å²) in [5.74, 6) is 0.609. The average Bonchev–Trinajstić information content (AvgIpc) is 2.65. The fraction of sp³-hybridized carbons (Fsp3) is 0.600. The third-order valence-corrected chi connectivity index (χ3v) is 2.46. The summed E-state index contributed by atoms with van der Waals surface area (Å²) in [6.07, 6.45) is 0.864. The van der Waals surface area contributed by atoms with Crippen molar-refractivity contribution < 1.29 is 0 Å². The molecule has 2 aromatic rings. The quantitative estimate of drug-likeness (QED) is 0.747. The number of aromatic nitrogens is 4. The van der Waals surface area contributed by atoms with E-state index in [0.717, 1.165) is 23.1 Å². The summed E-state index contributed by atoms with van der Waals surface area (Å²) in [6, 6.07) is 0. The van der Waals surface area contributed by atoms with Crippen LogP contribution in [0.4, 0.5) is 5.82 Å². The minimum absolute atomic E-state index is 0.0761. The van der Waals surface area contributed by atoms with E-state index in [1.807, 2.05) is 4.68 Å². The molecule has 2 heterocycles. The molecule has 0 aromatic carbocycles. The second-order valence-electron chi connectivity index (χ2n) is 4.72. The number of rotatable bonds is 1. The van der Waals surface area contributed by atoms with Gasteiger partial charge < -0.3 is 5.73 Å². The highest BCUT2D eigenvalue weighted by Crippen LogP contribution is 2.27. The lowest BCUT2D eigenvalue weighted by Crippen LogP contribution is -2.23.